The van der Waals surface area contributed by atoms with Gasteiger partial charge in [0, 0.05) is 7.53 Å². The summed E-state index contributed by atoms with van der Waals surface area (Å²) in [7, 11) is -0.612. The number of hydrogen-bond donors (Lipinski definition) is 1. The highest BCUT2D eigenvalue weighted by Crippen LogP contribution is 2.23. The van der Waals surface area contributed by atoms with Gasteiger partial charge in [0.15, 0.2) is 0 Å². The van der Waals surface area contributed by atoms with Crippen LogP contribution in [-0.4, -0.2) is 19.5 Å². The third-order valence-corrected chi connectivity index (χ3v) is 2.75. The van der Waals surface area contributed by atoms with E-state index in [1.54, 1.807) is 0 Å². The Labute approximate surface area is 98.6 Å². The molecule has 4 heteroatoms. The number of benzene rings is 1. The van der Waals surface area contributed by atoms with Gasteiger partial charge in [-0.2, -0.15) is 0 Å². The third kappa shape index (κ3) is 2.85. The molecule has 88 valence electrons. The molecule has 0 saturated carbocycles. The maximum absolute atomic E-state index is 5.74. The fraction of sp³-hybridized carbons (Fsp3) is 0.500. The van der Waals surface area contributed by atoms with Gasteiger partial charge in [0.2, 0.25) is 0 Å². The number of rotatable bonds is 4. The molecule has 0 spiro atoms. The molecule has 0 saturated heterocycles. The summed E-state index contributed by atoms with van der Waals surface area (Å²) in [5.74, 6) is 0. The lowest BCUT2D eigenvalue weighted by molar-refractivity contribution is 0.118. The maximum atomic E-state index is 5.74. The minimum Gasteiger partial charge on any atom is -0.395 e. The molecule has 0 aliphatic heterocycles. The van der Waals surface area contributed by atoms with E-state index in [0.717, 1.165) is 12.8 Å². The molecule has 3 nitrogen and oxygen atoms in total. The van der Waals surface area contributed by atoms with E-state index in [1.165, 1.54) is 11.1 Å². The van der Waals surface area contributed by atoms with E-state index in [9.17, 15) is 0 Å². The molecular weight excluding hydrogens is 201 g/mol. The van der Waals surface area contributed by atoms with E-state index in [4.69, 9.17) is 15.0 Å². The van der Waals surface area contributed by atoms with Crippen LogP contribution in [0.3, 0.4) is 0 Å². The maximum Gasteiger partial charge on any atom is 0.552 e. The number of hydrogen-bond acceptors (Lipinski definition) is 3. The molecule has 1 aromatic carbocycles. The van der Waals surface area contributed by atoms with Crippen LogP contribution in [0.15, 0.2) is 24.3 Å². The first-order chi connectivity index (χ1) is 7.65. The number of fused-ring (bicyclic) bond motifs is 1. The van der Waals surface area contributed by atoms with E-state index < -0.39 is 7.25 Å². The number of nitrogens with two attached hydrogens (primary N) is 1. The van der Waals surface area contributed by atoms with Crippen LogP contribution in [0.2, 0.25) is 0 Å². The van der Waals surface area contributed by atoms with E-state index in [-0.39, 0.29) is 13.6 Å². The second-order valence-corrected chi connectivity index (χ2v) is 4.49. The average molecular weight is 221 g/mol. The SMILES string of the molecule is CC(C)OB(N)OC1Cc2ccccc2C1.[HH]. The molecule has 0 bridgehead atoms. The lowest BCUT2D eigenvalue weighted by atomic mass is 10.1. The zero-order valence-electron chi connectivity index (χ0n) is 9.85. The zero-order valence-corrected chi connectivity index (χ0v) is 9.85. The largest absolute Gasteiger partial charge is 0.552 e. The Morgan fingerprint density at radius 3 is 2.38 bits per heavy atom. The van der Waals surface area contributed by atoms with Gasteiger partial charge in [0.1, 0.15) is 0 Å². The quantitative estimate of drug-likeness (QED) is 0.788. The Morgan fingerprint density at radius 2 is 1.88 bits per heavy atom. The summed E-state index contributed by atoms with van der Waals surface area (Å²) in [6.07, 6.45) is 2.13. The molecule has 0 heterocycles. The lowest BCUT2D eigenvalue weighted by Gasteiger charge is -2.17. The van der Waals surface area contributed by atoms with Crippen LogP contribution < -0.4 is 5.64 Å². The Kier molecular flexibility index (Phi) is 3.64. The predicted octanol–water partition coefficient (Wildman–Crippen LogP) is 1.78. The van der Waals surface area contributed by atoms with Gasteiger partial charge in [-0.25, -0.2) is 0 Å². The van der Waals surface area contributed by atoms with Crippen LogP contribution in [0.25, 0.3) is 0 Å². The van der Waals surface area contributed by atoms with Crippen molar-refractivity contribution in [2.45, 2.75) is 38.9 Å². The topological polar surface area (TPSA) is 44.5 Å². The van der Waals surface area contributed by atoms with Crippen molar-refractivity contribution in [3.8, 4) is 0 Å². The summed E-state index contributed by atoms with van der Waals surface area (Å²) in [6, 6.07) is 8.42. The molecule has 16 heavy (non-hydrogen) atoms. The molecular formula is C12H20BNO2. The van der Waals surface area contributed by atoms with Crippen molar-refractivity contribution < 1.29 is 10.7 Å². The smallest absolute Gasteiger partial charge is 0.395 e. The summed E-state index contributed by atoms with van der Waals surface area (Å²) in [5, 5.41) is 0. The molecule has 0 atom stereocenters. The lowest BCUT2D eigenvalue weighted by Crippen LogP contribution is -2.39. The van der Waals surface area contributed by atoms with Crippen molar-refractivity contribution in [1.29, 1.82) is 0 Å². The normalized spacial score (nSPS) is 15.5. The van der Waals surface area contributed by atoms with Crippen molar-refractivity contribution >= 4 is 7.25 Å². The van der Waals surface area contributed by atoms with Crippen LogP contribution >= 0.6 is 0 Å². The summed E-state index contributed by atoms with van der Waals surface area (Å²) in [6.45, 7) is 3.90. The average Bonchev–Trinajstić information content (AvgIpc) is 2.57. The van der Waals surface area contributed by atoms with Crippen molar-refractivity contribution in [2.24, 2.45) is 5.64 Å². The van der Waals surface area contributed by atoms with Crippen LogP contribution in [0, 0.1) is 0 Å². The summed E-state index contributed by atoms with van der Waals surface area (Å²) >= 11 is 0. The first kappa shape index (κ1) is 11.6. The molecule has 2 rings (SSSR count). The van der Waals surface area contributed by atoms with E-state index in [2.05, 4.69) is 24.3 Å². The van der Waals surface area contributed by atoms with Gasteiger partial charge in [0.05, 0.1) is 6.10 Å². The standard InChI is InChI=1S/C12H18BNO2.H2/c1-9(2)15-13(14)16-12-7-10-5-3-4-6-11(10)8-12;/h3-6,9,12H,7-8,14H2,1-2H3;1H. The summed E-state index contributed by atoms with van der Waals surface area (Å²) in [5.41, 5.74) is 8.47. The zero-order chi connectivity index (χ0) is 11.5. The van der Waals surface area contributed by atoms with Gasteiger partial charge in [-0.15, -0.1) is 0 Å². The Balaban J connectivity index is 0.00000144. The molecule has 0 aromatic heterocycles. The van der Waals surface area contributed by atoms with Gasteiger partial charge in [0.25, 0.3) is 0 Å². The Hall–Kier alpha value is -0.835. The predicted molar refractivity (Wildman–Crippen MR) is 67.0 cm³/mol. The summed E-state index contributed by atoms with van der Waals surface area (Å²) in [4.78, 5) is 0. The molecule has 2 N–H and O–H groups in total. The van der Waals surface area contributed by atoms with Crippen LogP contribution in [0.1, 0.15) is 26.4 Å². The fourth-order valence-electron chi connectivity index (χ4n) is 2.10. The highest BCUT2D eigenvalue weighted by atomic mass is 16.6. The van der Waals surface area contributed by atoms with Gasteiger partial charge >= 0.3 is 7.25 Å². The van der Waals surface area contributed by atoms with Gasteiger partial charge < -0.3 is 15.0 Å². The molecule has 1 aromatic rings. The Bertz CT molecular complexity index is 337. The minimum atomic E-state index is -0.612. The molecule has 0 unspecified atom stereocenters. The van der Waals surface area contributed by atoms with E-state index in [1.807, 2.05) is 13.8 Å². The molecule has 1 aliphatic rings. The second kappa shape index (κ2) is 5.00. The van der Waals surface area contributed by atoms with Crippen molar-refractivity contribution in [3.05, 3.63) is 35.4 Å². The third-order valence-electron chi connectivity index (χ3n) is 2.75. The van der Waals surface area contributed by atoms with Crippen LogP contribution in [-0.2, 0) is 22.2 Å². The van der Waals surface area contributed by atoms with E-state index >= 15 is 0 Å². The monoisotopic (exact) mass is 221 g/mol. The van der Waals surface area contributed by atoms with E-state index in [0.29, 0.717) is 0 Å². The van der Waals surface area contributed by atoms with Crippen LogP contribution in [0.4, 0.5) is 0 Å². The highest BCUT2D eigenvalue weighted by molar-refractivity contribution is 6.40. The molecule has 1 aliphatic carbocycles. The first-order valence-corrected chi connectivity index (χ1v) is 5.78. The van der Waals surface area contributed by atoms with Gasteiger partial charge in [-0.05, 0) is 37.8 Å². The minimum absolute atomic E-state index is 0. The van der Waals surface area contributed by atoms with Crippen LogP contribution in [0.5, 0.6) is 0 Å². The first-order valence-electron chi connectivity index (χ1n) is 5.78. The fourth-order valence-corrected chi connectivity index (χ4v) is 2.10. The van der Waals surface area contributed by atoms with Crippen molar-refractivity contribution in [2.75, 3.05) is 0 Å². The van der Waals surface area contributed by atoms with Gasteiger partial charge in [-0.3, -0.25) is 0 Å². The second-order valence-electron chi connectivity index (χ2n) is 4.49. The molecule has 0 amide bonds. The van der Waals surface area contributed by atoms with Crippen molar-refractivity contribution in [3.63, 3.8) is 0 Å². The van der Waals surface area contributed by atoms with Gasteiger partial charge in [-0.1, -0.05) is 24.3 Å². The molecule has 0 fully saturated rings. The molecule has 0 radical (unpaired) electrons. The highest BCUT2D eigenvalue weighted by Gasteiger charge is 2.26. The summed E-state index contributed by atoms with van der Waals surface area (Å²) < 4.78 is 11.0. The Morgan fingerprint density at radius 1 is 1.31 bits per heavy atom. The van der Waals surface area contributed by atoms with Crippen molar-refractivity contribution in [1.82, 2.24) is 0 Å².